The van der Waals surface area contributed by atoms with E-state index in [1.807, 2.05) is 6.92 Å². The molecule has 0 saturated carbocycles. The number of carbonyl (C=O) groups is 1. The zero-order valence-corrected chi connectivity index (χ0v) is 12.5. The molecule has 0 aliphatic carbocycles. The molecule has 21 heavy (non-hydrogen) atoms. The Hall–Kier alpha value is -1.66. The number of halogens is 1. The van der Waals surface area contributed by atoms with Crippen molar-refractivity contribution in [3.8, 4) is 0 Å². The smallest absolute Gasteiger partial charge is 0.288 e. The summed E-state index contributed by atoms with van der Waals surface area (Å²) < 4.78 is 5.53. The van der Waals surface area contributed by atoms with Gasteiger partial charge in [0.1, 0.15) is 5.02 Å². The Kier molecular flexibility index (Phi) is 5.14. The lowest BCUT2D eigenvalue weighted by Gasteiger charge is -2.24. The number of nitrogens with zero attached hydrogens (tertiary/aromatic N) is 2. The van der Waals surface area contributed by atoms with Gasteiger partial charge in [-0.25, -0.2) is 0 Å². The highest BCUT2D eigenvalue weighted by atomic mass is 35.5. The van der Waals surface area contributed by atoms with E-state index in [1.165, 1.54) is 18.2 Å². The second kappa shape index (κ2) is 6.87. The van der Waals surface area contributed by atoms with E-state index < -0.39 is 4.92 Å². The van der Waals surface area contributed by atoms with Crippen molar-refractivity contribution in [1.29, 1.82) is 0 Å². The molecule has 0 radical (unpaired) electrons. The van der Waals surface area contributed by atoms with Crippen molar-refractivity contribution in [3.05, 3.63) is 38.9 Å². The van der Waals surface area contributed by atoms with Gasteiger partial charge in [0, 0.05) is 31.3 Å². The molecule has 114 valence electrons. The van der Waals surface area contributed by atoms with Gasteiger partial charge in [-0.1, -0.05) is 11.6 Å². The molecule has 1 aromatic carbocycles. The molecule has 6 nitrogen and oxygen atoms in total. The van der Waals surface area contributed by atoms with Crippen molar-refractivity contribution in [3.63, 3.8) is 0 Å². The fourth-order valence-corrected chi connectivity index (χ4v) is 2.54. The number of carbonyl (C=O) groups excluding carboxylic acids is 1. The van der Waals surface area contributed by atoms with Gasteiger partial charge in [-0.3, -0.25) is 14.9 Å². The molecule has 1 unspecified atom stereocenters. The van der Waals surface area contributed by atoms with Gasteiger partial charge in [-0.05, 0) is 31.9 Å². The van der Waals surface area contributed by atoms with Crippen molar-refractivity contribution < 1.29 is 14.5 Å². The minimum Gasteiger partial charge on any atom is -0.376 e. The fraction of sp³-hybridized carbons (Fsp3) is 0.500. The fourth-order valence-electron chi connectivity index (χ4n) is 2.36. The van der Waals surface area contributed by atoms with Crippen LogP contribution in [0.2, 0.25) is 5.02 Å². The third kappa shape index (κ3) is 3.71. The van der Waals surface area contributed by atoms with Gasteiger partial charge >= 0.3 is 0 Å². The number of amides is 1. The van der Waals surface area contributed by atoms with Gasteiger partial charge in [0.05, 0.1) is 11.0 Å². The Labute approximate surface area is 127 Å². The van der Waals surface area contributed by atoms with Gasteiger partial charge in [0.15, 0.2) is 0 Å². The molecule has 1 heterocycles. The van der Waals surface area contributed by atoms with Crippen LogP contribution >= 0.6 is 11.6 Å². The van der Waals surface area contributed by atoms with E-state index in [2.05, 4.69) is 0 Å². The minimum absolute atomic E-state index is 0.0266. The van der Waals surface area contributed by atoms with Crippen molar-refractivity contribution in [1.82, 2.24) is 4.90 Å². The summed E-state index contributed by atoms with van der Waals surface area (Å²) in [6.07, 6.45) is 1.99. The standard InChI is InChI=1S/C14H17ClN2O4/c1-2-16(9-11-4-3-7-21-11)14(18)10-5-6-12(15)13(8-10)17(19)20/h5-6,8,11H,2-4,7,9H2,1H3. The van der Waals surface area contributed by atoms with Gasteiger partial charge in [-0.2, -0.15) is 0 Å². The Balaban J connectivity index is 2.16. The number of likely N-dealkylation sites (N-methyl/N-ethyl adjacent to an activating group) is 1. The summed E-state index contributed by atoms with van der Waals surface area (Å²) in [7, 11) is 0. The largest absolute Gasteiger partial charge is 0.376 e. The molecule has 1 amide bonds. The summed E-state index contributed by atoms with van der Waals surface area (Å²) in [5, 5.41) is 10.9. The molecule has 1 atom stereocenters. The minimum atomic E-state index is -0.588. The first-order valence-electron chi connectivity index (χ1n) is 6.87. The highest BCUT2D eigenvalue weighted by Gasteiger charge is 2.24. The zero-order valence-electron chi connectivity index (χ0n) is 11.8. The third-order valence-corrected chi connectivity index (χ3v) is 3.83. The maximum Gasteiger partial charge on any atom is 0.288 e. The quantitative estimate of drug-likeness (QED) is 0.619. The highest BCUT2D eigenvalue weighted by molar-refractivity contribution is 6.32. The normalized spacial score (nSPS) is 17.7. The third-order valence-electron chi connectivity index (χ3n) is 3.51. The molecule has 1 fully saturated rings. The predicted octanol–water partition coefficient (Wildman–Crippen LogP) is 2.89. The molecule has 0 aromatic heterocycles. The van der Waals surface area contributed by atoms with Crippen LogP contribution in [0, 0.1) is 10.1 Å². The summed E-state index contributed by atoms with van der Waals surface area (Å²) in [6.45, 7) is 3.63. The molecular formula is C14H17ClN2O4. The monoisotopic (exact) mass is 312 g/mol. The molecular weight excluding hydrogens is 296 g/mol. The van der Waals surface area contributed by atoms with Crippen molar-refractivity contribution in [2.24, 2.45) is 0 Å². The number of nitro groups is 1. The molecule has 2 rings (SSSR count). The van der Waals surface area contributed by atoms with Crippen LogP contribution in [0.3, 0.4) is 0 Å². The maximum atomic E-state index is 12.5. The lowest BCUT2D eigenvalue weighted by atomic mass is 10.1. The molecule has 7 heteroatoms. The van der Waals surface area contributed by atoms with Crippen LogP contribution in [0.25, 0.3) is 0 Å². The summed E-state index contributed by atoms with van der Waals surface area (Å²) in [4.78, 5) is 24.4. The Morgan fingerprint density at radius 3 is 2.90 bits per heavy atom. The Bertz CT molecular complexity index is 544. The van der Waals surface area contributed by atoms with E-state index in [1.54, 1.807) is 4.90 Å². The van der Waals surface area contributed by atoms with Gasteiger partial charge in [-0.15, -0.1) is 0 Å². The average Bonchev–Trinajstić information content (AvgIpc) is 2.97. The molecule has 0 bridgehead atoms. The summed E-state index contributed by atoms with van der Waals surface area (Å²) >= 11 is 5.76. The first kappa shape index (κ1) is 15.7. The second-order valence-electron chi connectivity index (χ2n) is 4.90. The van der Waals surface area contributed by atoms with E-state index in [-0.39, 0.29) is 28.3 Å². The van der Waals surface area contributed by atoms with Crippen LogP contribution in [0.1, 0.15) is 30.1 Å². The molecule has 0 N–H and O–H groups in total. The summed E-state index contributed by atoms with van der Waals surface area (Å²) in [5.74, 6) is -0.243. The molecule has 1 aliphatic rings. The lowest BCUT2D eigenvalue weighted by molar-refractivity contribution is -0.384. The van der Waals surface area contributed by atoms with Crippen LogP contribution in [-0.4, -0.2) is 41.5 Å². The Morgan fingerprint density at radius 2 is 2.33 bits per heavy atom. The van der Waals surface area contributed by atoms with E-state index in [0.29, 0.717) is 13.1 Å². The van der Waals surface area contributed by atoms with Crippen LogP contribution in [0.15, 0.2) is 18.2 Å². The van der Waals surface area contributed by atoms with Crippen molar-refractivity contribution >= 4 is 23.2 Å². The zero-order chi connectivity index (χ0) is 15.4. The van der Waals surface area contributed by atoms with Crippen molar-refractivity contribution in [2.75, 3.05) is 19.7 Å². The van der Waals surface area contributed by atoms with Gasteiger partial charge < -0.3 is 9.64 Å². The maximum absolute atomic E-state index is 12.5. The predicted molar refractivity (Wildman–Crippen MR) is 78.7 cm³/mol. The Morgan fingerprint density at radius 1 is 1.57 bits per heavy atom. The number of rotatable bonds is 5. The van der Waals surface area contributed by atoms with Crippen molar-refractivity contribution in [2.45, 2.75) is 25.9 Å². The van der Waals surface area contributed by atoms with Gasteiger partial charge in [0.2, 0.25) is 0 Å². The van der Waals surface area contributed by atoms with E-state index in [0.717, 1.165) is 19.4 Å². The summed E-state index contributed by atoms with van der Waals surface area (Å²) in [6, 6.07) is 4.12. The molecule has 1 saturated heterocycles. The SMILES string of the molecule is CCN(CC1CCCO1)C(=O)c1ccc(Cl)c([N+](=O)[O-])c1. The first-order chi connectivity index (χ1) is 10.0. The van der Waals surface area contributed by atoms with E-state index >= 15 is 0 Å². The number of ether oxygens (including phenoxy) is 1. The van der Waals surface area contributed by atoms with E-state index in [4.69, 9.17) is 16.3 Å². The lowest BCUT2D eigenvalue weighted by Crippen LogP contribution is -2.37. The highest BCUT2D eigenvalue weighted by Crippen LogP contribution is 2.26. The van der Waals surface area contributed by atoms with Crippen LogP contribution in [0.5, 0.6) is 0 Å². The number of hydrogen-bond acceptors (Lipinski definition) is 4. The topological polar surface area (TPSA) is 72.7 Å². The molecule has 1 aliphatic heterocycles. The van der Waals surface area contributed by atoms with E-state index in [9.17, 15) is 14.9 Å². The molecule has 1 aromatic rings. The number of nitro benzene ring substituents is 1. The van der Waals surface area contributed by atoms with Crippen LogP contribution < -0.4 is 0 Å². The van der Waals surface area contributed by atoms with Crippen LogP contribution in [0.4, 0.5) is 5.69 Å². The number of hydrogen-bond donors (Lipinski definition) is 0. The molecule has 0 spiro atoms. The second-order valence-corrected chi connectivity index (χ2v) is 5.31. The van der Waals surface area contributed by atoms with Crippen LogP contribution in [-0.2, 0) is 4.74 Å². The first-order valence-corrected chi connectivity index (χ1v) is 7.25. The average molecular weight is 313 g/mol. The number of benzene rings is 1. The summed E-state index contributed by atoms with van der Waals surface area (Å²) in [5.41, 5.74) is 0.0154. The van der Waals surface area contributed by atoms with Gasteiger partial charge in [0.25, 0.3) is 11.6 Å².